The van der Waals surface area contributed by atoms with Crippen LogP contribution in [0, 0.1) is 0 Å². The smallest absolute Gasteiger partial charge is 0.0110 e. The lowest BCUT2D eigenvalue weighted by atomic mass is 10.2. The summed E-state index contributed by atoms with van der Waals surface area (Å²) in [5.74, 6) is 0. The highest BCUT2D eigenvalue weighted by atomic mass is 15.3. The van der Waals surface area contributed by atoms with E-state index in [0.29, 0.717) is 0 Å². The Labute approximate surface area is 93.8 Å². The van der Waals surface area contributed by atoms with Crippen molar-refractivity contribution in [2.75, 3.05) is 59.4 Å². The Morgan fingerprint density at radius 3 is 2.00 bits per heavy atom. The number of hydrogen-bond acceptors (Lipinski definition) is 4. The van der Waals surface area contributed by atoms with Crippen molar-refractivity contribution in [2.24, 2.45) is 5.73 Å². The minimum Gasteiger partial charge on any atom is -0.330 e. The summed E-state index contributed by atoms with van der Waals surface area (Å²) in [6, 6.07) is 0. The van der Waals surface area contributed by atoms with Gasteiger partial charge in [0.25, 0.3) is 0 Å². The second-order valence-electron chi connectivity index (χ2n) is 4.28. The molecule has 0 bridgehead atoms. The Balaban J connectivity index is 2.02. The Morgan fingerprint density at radius 2 is 1.53 bits per heavy atom. The first-order valence-corrected chi connectivity index (χ1v) is 6.16. The van der Waals surface area contributed by atoms with Crippen LogP contribution in [-0.4, -0.2) is 69.2 Å². The topological polar surface area (TPSA) is 44.5 Å². The van der Waals surface area contributed by atoms with Crippen LogP contribution < -0.4 is 11.1 Å². The van der Waals surface area contributed by atoms with Gasteiger partial charge in [-0.25, -0.2) is 0 Å². The minimum atomic E-state index is 0.822. The van der Waals surface area contributed by atoms with Crippen LogP contribution >= 0.6 is 0 Å². The van der Waals surface area contributed by atoms with Crippen LogP contribution in [0.1, 0.15) is 12.8 Å². The summed E-state index contributed by atoms with van der Waals surface area (Å²) < 4.78 is 0. The summed E-state index contributed by atoms with van der Waals surface area (Å²) in [5, 5.41) is 3.19. The highest BCUT2D eigenvalue weighted by Crippen LogP contribution is 2.02. The molecule has 4 nitrogen and oxygen atoms in total. The Hall–Kier alpha value is -0.160. The molecule has 0 radical (unpaired) electrons. The third-order valence-electron chi connectivity index (χ3n) is 3.04. The van der Waals surface area contributed by atoms with Crippen LogP contribution in [0.15, 0.2) is 0 Å². The molecule has 0 saturated carbocycles. The van der Waals surface area contributed by atoms with E-state index in [1.165, 1.54) is 45.7 Å². The van der Waals surface area contributed by atoms with Crippen LogP contribution in [0.4, 0.5) is 0 Å². The lowest BCUT2D eigenvalue weighted by molar-refractivity contribution is 0.131. The molecular formula is C11H26N4. The Bertz CT molecular complexity index is 144. The molecular weight excluding hydrogens is 188 g/mol. The van der Waals surface area contributed by atoms with E-state index < -0.39 is 0 Å². The maximum absolute atomic E-state index is 5.51. The van der Waals surface area contributed by atoms with E-state index in [1.807, 2.05) is 7.05 Å². The zero-order valence-electron chi connectivity index (χ0n) is 10.0. The monoisotopic (exact) mass is 214 g/mol. The second-order valence-corrected chi connectivity index (χ2v) is 4.28. The minimum absolute atomic E-state index is 0.822. The first kappa shape index (κ1) is 12.9. The molecule has 0 aliphatic carbocycles. The van der Waals surface area contributed by atoms with Gasteiger partial charge in [-0.3, -0.25) is 0 Å². The molecule has 1 saturated heterocycles. The molecule has 1 aliphatic heterocycles. The van der Waals surface area contributed by atoms with Crippen molar-refractivity contribution < 1.29 is 0 Å². The quantitative estimate of drug-likeness (QED) is 0.564. The van der Waals surface area contributed by atoms with Gasteiger partial charge in [-0.1, -0.05) is 0 Å². The van der Waals surface area contributed by atoms with E-state index in [0.717, 1.165) is 19.5 Å². The van der Waals surface area contributed by atoms with Crippen LogP contribution in [-0.2, 0) is 0 Å². The molecule has 3 N–H and O–H groups in total. The molecule has 0 amide bonds. The standard InChI is InChI=1S/C11H26N4/c1-13-5-3-7-15-10-8-14(9-11-15)6-2-4-12/h13H,2-12H2,1H3. The number of nitrogens with one attached hydrogen (secondary N) is 1. The van der Waals surface area contributed by atoms with Gasteiger partial charge < -0.3 is 20.9 Å². The molecule has 0 aromatic heterocycles. The van der Waals surface area contributed by atoms with Crippen LogP contribution in [0.25, 0.3) is 0 Å². The van der Waals surface area contributed by atoms with Crippen molar-refractivity contribution in [3.05, 3.63) is 0 Å². The van der Waals surface area contributed by atoms with Crippen molar-refractivity contribution >= 4 is 0 Å². The molecule has 0 atom stereocenters. The molecule has 0 aromatic rings. The van der Waals surface area contributed by atoms with Crippen molar-refractivity contribution in [3.8, 4) is 0 Å². The predicted molar refractivity (Wildman–Crippen MR) is 65.1 cm³/mol. The van der Waals surface area contributed by atoms with Crippen molar-refractivity contribution in [2.45, 2.75) is 12.8 Å². The largest absolute Gasteiger partial charge is 0.330 e. The fourth-order valence-corrected chi connectivity index (χ4v) is 2.03. The lowest BCUT2D eigenvalue weighted by Gasteiger charge is -2.34. The maximum atomic E-state index is 5.51. The number of nitrogens with two attached hydrogens (primary N) is 1. The van der Waals surface area contributed by atoms with Gasteiger partial charge >= 0.3 is 0 Å². The van der Waals surface area contributed by atoms with Gasteiger partial charge in [0.2, 0.25) is 0 Å². The molecule has 15 heavy (non-hydrogen) atoms. The summed E-state index contributed by atoms with van der Waals surface area (Å²) in [6.45, 7) is 9.28. The zero-order chi connectivity index (χ0) is 10.9. The zero-order valence-corrected chi connectivity index (χ0v) is 10.0. The molecule has 1 rings (SSSR count). The summed E-state index contributed by atoms with van der Waals surface area (Å²) in [7, 11) is 2.02. The first-order chi connectivity index (χ1) is 7.36. The van der Waals surface area contributed by atoms with E-state index in [-0.39, 0.29) is 0 Å². The summed E-state index contributed by atoms with van der Waals surface area (Å²) in [6.07, 6.45) is 2.40. The average Bonchev–Trinajstić information content (AvgIpc) is 2.28. The number of nitrogens with zero attached hydrogens (tertiary/aromatic N) is 2. The van der Waals surface area contributed by atoms with Gasteiger partial charge in [0.05, 0.1) is 0 Å². The molecule has 90 valence electrons. The van der Waals surface area contributed by atoms with Crippen molar-refractivity contribution in [3.63, 3.8) is 0 Å². The van der Waals surface area contributed by atoms with Gasteiger partial charge in [-0.05, 0) is 46.1 Å². The predicted octanol–water partition coefficient (Wildman–Crippen LogP) is -0.438. The number of hydrogen-bond donors (Lipinski definition) is 2. The molecule has 0 unspecified atom stereocenters. The van der Waals surface area contributed by atoms with Crippen molar-refractivity contribution in [1.82, 2.24) is 15.1 Å². The lowest BCUT2D eigenvalue weighted by Crippen LogP contribution is -2.47. The fraction of sp³-hybridized carbons (Fsp3) is 1.00. The molecule has 1 aliphatic rings. The van der Waals surface area contributed by atoms with E-state index in [9.17, 15) is 0 Å². The van der Waals surface area contributed by atoms with E-state index in [2.05, 4.69) is 15.1 Å². The highest BCUT2D eigenvalue weighted by Gasteiger charge is 2.15. The van der Waals surface area contributed by atoms with Gasteiger partial charge in [0.1, 0.15) is 0 Å². The first-order valence-electron chi connectivity index (χ1n) is 6.16. The van der Waals surface area contributed by atoms with Crippen LogP contribution in [0.3, 0.4) is 0 Å². The summed E-state index contributed by atoms with van der Waals surface area (Å²) >= 11 is 0. The molecule has 4 heteroatoms. The molecule has 1 heterocycles. The number of piperazine rings is 1. The summed E-state index contributed by atoms with van der Waals surface area (Å²) in [5.41, 5.74) is 5.51. The Morgan fingerprint density at radius 1 is 1.00 bits per heavy atom. The van der Waals surface area contributed by atoms with Gasteiger partial charge in [-0.15, -0.1) is 0 Å². The van der Waals surface area contributed by atoms with E-state index >= 15 is 0 Å². The van der Waals surface area contributed by atoms with Crippen molar-refractivity contribution in [1.29, 1.82) is 0 Å². The normalized spacial score (nSPS) is 19.6. The molecule has 0 aromatic carbocycles. The second kappa shape index (κ2) is 8.05. The summed E-state index contributed by atoms with van der Waals surface area (Å²) in [4.78, 5) is 5.09. The highest BCUT2D eigenvalue weighted by molar-refractivity contribution is 4.71. The van der Waals surface area contributed by atoms with Crippen LogP contribution in [0.5, 0.6) is 0 Å². The van der Waals surface area contributed by atoms with Gasteiger partial charge in [0, 0.05) is 26.2 Å². The maximum Gasteiger partial charge on any atom is 0.0110 e. The van der Waals surface area contributed by atoms with E-state index in [4.69, 9.17) is 5.73 Å². The van der Waals surface area contributed by atoms with Gasteiger partial charge in [-0.2, -0.15) is 0 Å². The third-order valence-corrected chi connectivity index (χ3v) is 3.04. The Kier molecular flexibility index (Phi) is 6.92. The number of rotatable bonds is 7. The molecule has 1 fully saturated rings. The fourth-order valence-electron chi connectivity index (χ4n) is 2.03. The molecule has 0 spiro atoms. The SMILES string of the molecule is CNCCCN1CCN(CCCN)CC1. The van der Waals surface area contributed by atoms with E-state index in [1.54, 1.807) is 0 Å². The van der Waals surface area contributed by atoms with Gasteiger partial charge in [0.15, 0.2) is 0 Å². The van der Waals surface area contributed by atoms with Crippen LogP contribution in [0.2, 0.25) is 0 Å². The third kappa shape index (κ3) is 5.47. The average molecular weight is 214 g/mol.